The van der Waals surface area contributed by atoms with Gasteiger partial charge in [0.1, 0.15) is 6.10 Å². The minimum absolute atomic E-state index is 0.280. The quantitative estimate of drug-likeness (QED) is 0.884. The molecule has 0 saturated heterocycles. The lowest BCUT2D eigenvalue weighted by Gasteiger charge is -2.32. The van der Waals surface area contributed by atoms with Crippen molar-refractivity contribution in [3.05, 3.63) is 23.9 Å². The highest BCUT2D eigenvalue weighted by Gasteiger charge is 2.26. The summed E-state index contributed by atoms with van der Waals surface area (Å²) in [6, 6.07) is 4.38. The zero-order chi connectivity index (χ0) is 14.5. The first-order valence-corrected chi connectivity index (χ1v) is 7.95. The predicted octanol–water partition coefficient (Wildman–Crippen LogP) is 3.96. The van der Waals surface area contributed by atoms with Gasteiger partial charge in [-0.25, -0.2) is 4.98 Å². The molecule has 1 heterocycles. The number of hydrogen-bond acceptors (Lipinski definition) is 3. The molecule has 0 amide bonds. The van der Waals surface area contributed by atoms with E-state index < -0.39 is 0 Å². The van der Waals surface area contributed by atoms with Gasteiger partial charge in [0.25, 0.3) is 0 Å². The summed E-state index contributed by atoms with van der Waals surface area (Å²) in [6.07, 6.45) is 5.76. The topological polar surface area (TPSA) is 34.2 Å². The Morgan fingerprint density at radius 3 is 2.65 bits per heavy atom. The third-order valence-electron chi connectivity index (χ3n) is 4.19. The molecule has 0 radical (unpaired) electrons. The summed E-state index contributed by atoms with van der Waals surface area (Å²) >= 11 is 0. The van der Waals surface area contributed by atoms with Crippen LogP contribution in [-0.4, -0.2) is 17.6 Å². The highest BCUT2D eigenvalue weighted by atomic mass is 16.5. The fourth-order valence-corrected chi connectivity index (χ4v) is 3.37. The standard InChI is InChI=1S/C17H28N2O/c1-5-18-14(4)16-7-6-8-19-17(16)20-15-10-12(2)9-13(3)11-15/h6-8,12-15,18H,5,9-11H2,1-4H3. The zero-order valence-electron chi connectivity index (χ0n) is 13.2. The van der Waals surface area contributed by atoms with Crippen molar-refractivity contribution in [2.45, 2.75) is 59.1 Å². The summed E-state index contributed by atoms with van der Waals surface area (Å²) in [6.45, 7) is 9.89. The Kier molecular flexibility index (Phi) is 5.41. The van der Waals surface area contributed by atoms with E-state index in [4.69, 9.17) is 4.74 Å². The molecular weight excluding hydrogens is 248 g/mol. The van der Waals surface area contributed by atoms with Gasteiger partial charge in [0.05, 0.1) is 0 Å². The molecule has 0 aromatic carbocycles. The molecule has 1 saturated carbocycles. The van der Waals surface area contributed by atoms with Crippen LogP contribution >= 0.6 is 0 Å². The smallest absolute Gasteiger partial charge is 0.218 e. The molecule has 1 fully saturated rings. The van der Waals surface area contributed by atoms with Gasteiger partial charge in [-0.3, -0.25) is 0 Å². The fraction of sp³-hybridized carbons (Fsp3) is 0.706. The summed E-state index contributed by atoms with van der Waals surface area (Å²) in [4.78, 5) is 4.46. The molecular formula is C17H28N2O. The number of hydrogen-bond donors (Lipinski definition) is 1. The van der Waals surface area contributed by atoms with Crippen molar-refractivity contribution in [2.75, 3.05) is 6.54 Å². The van der Waals surface area contributed by atoms with Crippen LogP contribution in [0.5, 0.6) is 5.88 Å². The van der Waals surface area contributed by atoms with Crippen LogP contribution in [0.15, 0.2) is 18.3 Å². The third-order valence-corrected chi connectivity index (χ3v) is 4.19. The second kappa shape index (κ2) is 7.07. The monoisotopic (exact) mass is 276 g/mol. The molecule has 20 heavy (non-hydrogen) atoms. The van der Waals surface area contributed by atoms with Crippen LogP contribution in [-0.2, 0) is 0 Å². The van der Waals surface area contributed by atoms with E-state index in [1.54, 1.807) is 0 Å². The van der Waals surface area contributed by atoms with Crippen LogP contribution in [0.3, 0.4) is 0 Å². The van der Waals surface area contributed by atoms with E-state index in [-0.39, 0.29) is 6.04 Å². The SMILES string of the molecule is CCNC(C)c1cccnc1OC1CC(C)CC(C)C1. The Morgan fingerprint density at radius 1 is 1.30 bits per heavy atom. The van der Waals surface area contributed by atoms with Crippen LogP contribution in [0.25, 0.3) is 0 Å². The Morgan fingerprint density at radius 2 is 2.00 bits per heavy atom. The van der Waals surface area contributed by atoms with Gasteiger partial charge >= 0.3 is 0 Å². The molecule has 0 aliphatic heterocycles. The molecule has 112 valence electrons. The van der Waals surface area contributed by atoms with Gasteiger partial charge in [0.2, 0.25) is 5.88 Å². The van der Waals surface area contributed by atoms with Gasteiger partial charge in [0, 0.05) is 17.8 Å². The van der Waals surface area contributed by atoms with Crippen molar-refractivity contribution in [3.8, 4) is 5.88 Å². The Hall–Kier alpha value is -1.09. The first-order chi connectivity index (χ1) is 9.60. The summed E-state index contributed by atoms with van der Waals surface area (Å²) in [7, 11) is 0. The number of nitrogens with zero attached hydrogens (tertiary/aromatic N) is 1. The van der Waals surface area contributed by atoms with E-state index in [9.17, 15) is 0 Å². The maximum absolute atomic E-state index is 6.24. The van der Waals surface area contributed by atoms with Crippen molar-refractivity contribution in [3.63, 3.8) is 0 Å². The number of ether oxygens (including phenoxy) is 1. The lowest BCUT2D eigenvalue weighted by Crippen LogP contribution is -2.29. The summed E-state index contributed by atoms with van der Waals surface area (Å²) < 4.78 is 6.24. The molecule has 1 aromatic rings. The largest absolute Gasteiger partial charge is 0.474 e. The lowest BCUT2D eigenvalue weighted by molar-refractivity contribution is 0.0951. The Balaban J connectivity index is 2.08. The Bertz CT molecular complexity index is 411. The molecule has 1 aliphatic rings. The number of rotatable bonds is 5. The van der Waals surface area contributed by atoms with Gasteiger partial charge in [0.15, 0.2) is 0 Å². The minimum atomic E-state index is 0.280. The van der Waals surface area contributed by atoms with Gasteiger partial charge in [-0.2, -0.15) is 0 Å². The van der Waals surface area contributed by atoms with Gasteiger partial charge in [-0.15, -0.1) is 0 Å². The molecule has 0 bridgehead atoms. The van der Waals surface area contributed by atoms with Crippen molar-refractivity contribution in [2.24, 2.45) is 11.8 Å². The second-order valence-corrected chi connectivity index (χ2v) is 6.33. The first-order valence-electron chi connectivity index (χ1n) is 7.95. The maximum atomic E-state index is 6.24. The van der Waals surface area contributed by atoms with Gasteiger partial charge in [-0.1, -0.05) is 26.8 Å². The number of nitrogens with one attached hydrogen (secondary N) is 1. The van der Waals surface area contributed by atoms with E-state index in [0.717, 1.165) is 37.1 Å². The molecule has 1 aromatic heterocycles. The van der Waals surface area contributed by atoms with E-state index >= 15 is 0 Å². The number of pyridine rings is 1. The van der Waals surface area contributed by atoms with Gasteiger partial charge in [-0.05, 0) is 50.6 Å². The maximum Gasteiger partial charge on any atom is 0.218 e. The predicted molar refractivity (Wildman–Crippen MR) is 82.9 cm³/mol. The molecule has 1 aliphatic carbocycles. The van der Waals surface area contributed by atoms with E-state index in [1.807, 2.05) is 12.3 Å². The molecule has 2 rings (SSSR count). The molecule has 3 unspecified atom stereocenters. The Labute approximate surface area is 123 Å². The van der Waals surface area contributed by atoms with Crippen molar-refractivity contribution in [1.82, 2.24) is 10.3 Å². The van der Waals surface area contributed by atoms with Crippen LogP contribution in [0.1, 0.15) is 58.6 Å². The van der Waals surface area contributed by atoms with Crippen LogP contribution in [0.4, 0.5) is 0 Å². The molecule has 3 atom stereocenters. The van der Waals surface area contributed by atoms with E-state index in [2.05, 4.69) is 44.1 Å². The average molecular weight is 276 g/mol. The van der Waals surface area contributed by atoms with Crippen molar-refractivity contribution < 1.29 is 4.74 Å². The minimum Gasteiger partial charge on any atom is -0.474 e. The summed E-state index contributed by atoms with van der Waals surface area (Å²) in [5.74, 6) is 2.32. The normalized spacial score (nSPS) is 28.1. The van der Waals surface area contributed by atoms with Crippen molar-refractivity contribution in [1.29, 1.82) is 0 Å². The highest BCUT2D eigenvalue weighted by molar-refractivity contribution is 5.28. The first kappa shape index (κ1) is 15.3. The van der Waals surface area contributed by atoms with E-state index in [1.165, 1.54) is 12.0 Å². The molecule has 0 spiro atoms. The van der Waals surface area contributed by atoms with Crippen LogP contribution < -0.4 is 10.1 Å². The average Bonchev–Trinajstić information content (AvgIpc) is 2.38. The highest BCUT2D eigenvalue weighted by Crippen LogP contribution is 2.32. The van der Waals surface area contributed by atoms with Gasteiger partial charge < -0.3 is 10.1 Å². The molecule has 1 N–H and O–H groups in total. The third kappa shape index (κ3) is 3.95. The lowest BCUT2D eigenvalue weighted by atomic mass is 9.82. The van der Waals surface area contributed by atoms with Crippen LogP contribution in [0, 0.1) is 11.8 Å². The second-order valence-electron chi connectivity index (χ2n) is 6.33. The summed E-state index contributed by atoms with van der Waals surface area (Å²) in [5.41, 5.74) is 1.17. The molecule has 3 nitrogen and oxygen atoms in total. The van der Waals surface area contributed by atoms with E-state index in [0.29, 0.717) is 6.10 Å². The van der Waals surface area contributed by atoms with Crippen LogP contribution in [0.2, 0.25) is 0 Å². The zero-order valence-corrected chi connectivity index (χ0v) is 13.2. The number of aromatic nitrogens is 1. The summed E-state index contributed by atoms with van der Waals surface area (Å²) in [5, 5.41) is 3.44. The molecule has 3 heteroatoms. The fourth-order valence-electron chi connectivity index (χ4n) is 3.37. The van der Waals surface area contributed by atoms with Crippen molar-refractivity contribution >= 4 is 0 Å².